The van der Waals surface area contributed by atoms with Crippen molar-refractivity contribution in [1.82, 2.24) is 14.9 Å². The van der Waals surface area contributed by atoms with E-state index in [0.717, 1.165) is 43.6 Å². The molecule has 0 spiro atoms. The Labute approximate surface area is 223 Å². The number of hydrogen-bond donors (Lipinski definition) is 4. The molecule has 1 aliphatic carbocycles. The molecular formula is C27H31F3N6O3. The van der Waals surface area contributed by atoms with Crippen LogP contribution in [0.1, 0.15) is 31.2 Å². The van der Waals surface area contributed by atoms with Gasteiger partial charge in [0.05, 0.1) is 11.3 Å². The quantitative estimate of drug-likeness (QED) is 0.256. The van der Waals surface area contributed by atoms with Crippen molar-refractivity contribution in [2.75, 3.05) is 30.3 Å². The van der Waals surface area contributed by atoms with Crippen molar-refractivity contribution in [2.24, 2.45) is 11.7 Å². The molecule has 39 heavy (non-hydrogen) atoms. The fourth-order valence-electron chi connectivity index (χ4n) is 4.12. The molecule has 12 heteroatoms. The normalized spacial score (nSPS) is 13.4. The van der Waals surface area contributed by atoms with Gasteiger partial charge in [-0.15, -0.1) is 13.2 Å². The number of carbonyl (C=O) groups is 1. The van der Waals surface area contributed by atoms with Crippen LogP contribution in [0.25, 0.3) is 11.1 Å². The summed E-state index contributed by atoms with van der Waals surface area (Å²) in [4.78, 5) is 34.0. The molecule has 1 aliphatic rings. The van der Waals surface area contributed by atoms with Gasteiger partial charge in [0.15, 0.2) is 5.75 Å². The predicted molar refractivity (Wildman–Crippen MR) is 142 cm³/mol. The average Bonchev–Trinajstić information content (AvgIpc) is 3.71. The number of halogens is 3. The summed E-state index contributed by atoms with van der Waals surface area (Å²) in [6.45, 7) is 3.44. The Balaban J connectivity index is 1.37. The number of aromatic nitrogens is 2. The number of amides is 2. The van der Waals surface area contributed by atoms with Crippen LogP contribution in [0.3, 0.4) is 0 Å². The third-order valence-electron chi connectivity index (χ3n) is 6.29. The molecule has 2 amide bonds. The number of benzene rings is 2. The van der Waals surface area contributed by atoms with E-state index in [4.69, 9.17) is 5.73 Å². The molecule has 1 heterocycles. The smallest absolute Gasteiger partial charge is 0.404 e. The van der Waals surface area contributed by atoms with E-state index in [-0.39, 0.29) is 11.6 Å². The first-order valence-corrected chi connectivity index (χ1v) is 12.7. The van der Waals surface area contributed by atoms with E-state index < -0.39 is 23.7 Å². The zero-order chi connectivity index (χ0) is 27.8. The van der Waals surface area contributed by atoms with E-state index in [1.807, 2.05) is 24.3 Å². The Hall–Kier alpha value is -3.90. The van der Waals surface area contributed by atoms with Crippen LogP contribution in [0.15, 0.2) is 59.5 Å². The molecule has 0 aliphatic heterocycles. The highest BCUT2D eigenvalue weighted by molar-refractivity contribution is 5.99. The summed E-state index contributed by atoms with van der Waals surface area (Å²) in [6.07, 6.45) is 1.29. The van der Waals surface area contributed by atoms with E-state index >= 15 is 0 Å². The van der Waals surface area contributed by atoms with Gasteiger partial charge in [-0.05, 0) is 61.7 Å². The first-order valence-electron chi connectivity index (χ1n) is 12.7. The molecule has 9 nitrogen and oxygen atoms in total. The van der Waals surface area contributed by atoms with Crippen molar-refractivity contribution in [3.63, 3.8) is 0 Å². The molecule has 0 radical (unpaired) electrons. The molecule has 4 rings (SSSR count). The van der Waals surface area contributed by atoms with Crippen molar-refractivity contribution in [1.29, 1.82) is 0 Å². The number of aromatic amines is 1. The number of nitrogens with one attached hydrogen (secondary N) is 3. The van der Waals surface area contributed by atoms with Crippen LogP contribution in [0.4, 0.5) is 29.6 Å². The lowest BCUT2D eigenvalue weighted by atomic mass is 10.1. The summed E-state index contributed by atoms with van der Waals surface area (Å²) < 4.78 is 41.7. The van der Waals surface area contributed by atoms with Gasteiger partial charge in [-0.2, -0.15) is 4.98 Å². The lowest BCUT2D eigenvalue weighted by Gasteiger charge is -2.22. The maximum absolute atomic E-state index is 12.7. The van der Waals surface area contributed by atoms with Crippen LogP contribution in [0.5, 0.6) is 5.75 Å². The number of anilines is 2. The van der Waals surface area contributed by atoms with E-state index in [2.05, 4.69) is 30.2 Å². The first kappa shape index (κ1) is 28.1. The summed E-state index contributed by atoms with van der Waals surface area (Å²) in [5, 5.41) is 4.56. The number of H-pyrrole nitrogens is 1. The van der Waals surface area contributed by atoms with Crippen LogP contribution in [-0.2, 0) is 6.54 Å². The number of nitrogens with two attached hydrogens (primary N) is 1. The molecule has 1 saturated carbocycles. The Morgan fingerprint density at radius 2 is 1.85 bits per heavy atom. The summed E-state index contributed by atoms with van der Waals surface area (Å²) in [5.74, 6) is 0.110. The number of carbonyl (C=O) groups excluding carboxylic acids is 1. The van der Waals surface area contributed by atoms with Crippen LogP contribution in [-0.4, -0.2) is 46.9 Å². The predicted octanol–water partition coefficient (Wildman–Crippen LogP) is 4.93. The molecule has 0 atom stereocenters. The fraction of sp³-hybridized carbons (Fsp3) is 0.370. The minimum absolute atomic E-state index is 0.168. The van der Waals surface area contributed by atoms with Crippen molar-refractivity contribution in [2.45, 2.75) is 38.6 Å². The van der Waals surface area contributed by atoms with Gasteiger partial charge < -0.3 is 20.8 Å². The summed E-state index contributed by atoms with van der Waals surface area (Å²) in [6, 6.07) is 11.8. The Bertz CT molecular complexity index is 1310. The number of nitrogens with zero attached hydrogens (tertiary/aromatic N) is 2. The standard InChI is InChI=1S/C27H31F3N6O3/c28-27(29,30)39-23-5-2-1-4-22(23)33-26(38)35-25-32-16-21(24(37)34-25)20-10-8-19(9-11-20)17-36(14-3-13-31)15-12-18-6-7-18/h1-2,4-5,8-11,16,18H,3,6-7,12-15,17,31H2,(H3,32,33,34,35,37,38). The van der Waals surface area contributed by atoms with Crippen LogP contribution in [0, 0.1) is 5.92 Å². The van der Waals surface area contributed by atoms with Gasteiger partial charge >= 0.3 is 12.4 Å². The average molecular weight is 545 g/mol. The maximum Gasteiger partial charge on any atom is 0.573 e. The van der Waals surface area contributed by atoms with Gasteiger partial charge in [0.2, 0.25) is 5.95 Å². The van der Waals surface area contributed by atoms with Crippen molar-refractivity contribution < 1.29 is 22.7 Å². The molecule has 1 fully saturated rings. The Morgan fingerprint density at radius 1 is 1.10 bits per heavy atom. The summed E-state index contributed by atoms with van der Waals surface area (Å²) in [5.41, 5.74) is 7.01. The molecule has 1 aromatic heterocycles. The van der Waals surface area contributed by atoms with Gasteiger partial charge in [-0.1, -0.05) is 49.2 Å². The lowest BCUT2D eigenvalue weighted by Crippen LogP contribution is -2.27. The van der Waals surface area contributed by atoms with Crippen molar-refractivity contribution in [3.8, 4) is 16.9 Å². The van der Waals surface area contributed by atoms with Gasteiger partial charge in [-0.3, -0.25) is 15.0 Å². The highest BCUT2D eigenvalue weighted by atomic mass is 19.4. The molecule has 208 valence electrons. The first-order chi connectivity index (χ1) is 18.7. The second kappa shape index (κ2) is 12.8. The fourth-order valence-corrected chi connectivity index (χ4v) is 4.12. The van der Waals surface area contributed by atoms with Crippen molar-refractivity contribution in [3.05, 3.63) is 70.6 Å². The second-order valence-electron chi connectivity index (χ2n) is 9.44. The van der Waals surface area contributed by atoms with Crippen molar-refractivity contribution >= 4 is 17.7 Å². The third kappa shape index (κ3) is 8.82. The monoisotopic (exact) mass is 544 g/mol. The largest absolute Gasteiger partial charge is 0.573 e. The molecule has 0 bridgehead atoms. The minimum Gasteiger partial charge on any atom is -0.404 e. The van der Waals surface area contributed by atoms with E-state index in [0.29, 0.717) is 17.7 Å². The van der Waals surface area contributed by atoms with Crippen LogP contribution < -0.4 is 26.7 Å². The van der Waals surface area contributed by atoms with Crippen LogP contribution >= 0.6 is 0 Å². The van der Waals surface area contributed by atoms with Gasteiger partial charge in [0.1, 0.15) is 0 Å². The van der Waals surface area contributed by atoms with Crippen LogP contribution in [0.2, 0.25) is 0 Å². The molecule has 5 N–H and O–H groups in total. The van der Waals surface area contributed by atoms with Gasteiger partial charge in [0, 0.05) is 12.7 Å². The van der Waals surface area contributed by atoms with E-state index in [1.54, 1.807) is 0 Å². The lowest BCUT2D eigenvalue weighted by molar-refractivity contribution is -0.274. The molecule has 0 saturated heterocycles. The number of urea groups is 1. The molecule has 3 aromatic rings. The Kier molecular flexibility index (Phi) is 9.20. The number of rotatable bonds is 12. The summed E-state index contributed by atoms with van der Waals surface area (Å²) in [7, 11) is 0. The Morgan fingerprint density at radius 3 is 2.51 bits per heavy atom. The molecule has 2 aromatic carbocycles. The van der Waals surface area contributed by atoms with E-state index in [9.17, 15) is 22.8 Å². The number of hydrogen-bond acceptors (Lipinski definition) is 6. The number of alkyl halides is 3. The third-order valence-corrected chi connectivity index (χ3v) is 6.29. The highest BCUT2D eigenvalue weighted by Crippen LogP contribution is 2.32. The van der Waals surface area contributed by atoms with Gasteiger partial charge in [-0.25, -0.2) is 4.79 Å². The zero-order valence-corrected chi connectivity index (χ0v) is 21.3. The maximum atomic E-state index is 12.7. The zero-order valence-electron chi connectivity index (χ0n) is 21.3. The highest BCUT2D eigenvalue weighted by Gasteiger charge is 2.32. The molecular weight excluding hydrogens is 513 g/mol. The second-order valence-corrected chi connectivity index (χ2v) is 9.44. The number of ether oxygens (including phenoxy) is 1. The SMILES string of the molecule is NCCCN(CCC1CC1)Cc1ccc(-c2c[nH]c(NC(=O)Nc3ccccc3OC(F)(F)F)nc2=O)cc1. The topological polar surface area (TPSA) is 125 Å². The van der Waals surface area contributed by atoms with E-state index in [1.165, 1.54) is 43.7 Å². The molecule has 0 unspecified atom stereocenters. The minimum atomic E-state index is -4.92. The van der Waals surface area contributed by atoms with Gasteiger partial charge in [0.25, 0.3) is 5.56 Å². The summed E-state index contributed by atoms with van der Waals surface area (Å²) >= 11 is 0. The number of para-hydroxylation sites is 2.